The number of quaternary nitrogens is 1. The largest absolute Gasteiger partial charge is 0.772 e. The molecule has 0 aliphatic heterocycles. The summed E-state index contributed by atoms with van der Waals surface area (Å²) in [4.78, 5) is 1.68. The molecule has 0 heterocycles. The first kappa shape index (κ1) is 16.1. The molecule has 0 amide bonds. The summed E-state index contributed by atoms with van der Waals surface area (Å²) in [6, 6.07) is 0. The first-order valence-corrected chi connectivity index (χ1v) is 7.71. The molecule has 1 saturated carbocycles. The van der Waals surface area contributed by atoms with Gasteiger partial charge in [0.1, 0.15) is 0 Å². The summed E-state index contributed by atoms with van der Waals surface area (Å²) in [5, 5.41) is -0.0289. The van der Waals surface area contributed by atoms with E-state index in [0.29, 0.717) is 0 Å². The Kier molecular flexibility index (Phi) is 10.3. The van der Waals surface area contributed by atoms with Crippen LogP contribution in [0.1, 0.15) is 52.9 Å². The lowest BCUT2D eigenvalue weighted by Crippen LogP contribution is -3.11. The van der Waals surface area contributed by atoms with Crippen LogP contribution >= 0.6 is 0 Å². The Balaban J connectivity index is 0.000000293. The summed E-state index contributed by atoms with van der Waals surface area (Å²) in [7, 11) is 0. The summed E-state index contributed by atoms with van der Waals surface area (Å²) in [5.74, 6) is 0. The Hall–Kier alpha value is 0.0700. The van der Waals surface area contributed by atoms with Gasteiger partial charge in [-0.25, -0.2) is 0 Å². The van der Waals surface area contributed by atoms with Gasteiger partial charge in [0.25, 0.3) is 0 Å². The van der Waals surface area contributed by atoms with Gasteiger partial charge < -0.3 is 9.45 Å². The Morgan fingerprint density at radius 2 is 1.50 bits per heavy atom. The van der Waals surface area contributed by atoms with Crippen LogP contribution in [0.4, 0.5) is 0 Å². The molecule has 1 N–H and O–H groups in total. The van der Waals surface area contributed by atoms with Gasteiger partial charge >= 0.3 is 0 Å². The van der Waals surface area contributed by atoms with Crippen molar-refractivity contribution in [3.63, 3.8) is 0 Å². The molecular weight excluding hydrogens is 222 g/mol. The fourth-order valence-electron chi connectivity index (χ4n) is 2.01. The molecule has 1 unspecified atom stereocenters. The molecule has 0 aromatic rings. The molecule has 1 rings (SSSR count). The van der Waals surface area contributed by atoms with Gasteiger partial charge in [0.2, 0.25) is 0 Å². The Morgan fingerprint density at radius 3 is 1.69 bits per heavy atom. The first-order valence-electron chi connectivity index (χ1n) is 6.57. The van der Waals surface area contributed by atoms with Crippen LogP contribution in [0.2, 0.25) is 0 Å². The van der Waals surface area contributed by atoms with Crippen LogP contribution in [0.25, 0.3) is 0 Å². The van der Waals surface area contributed by atoms with E-state index in [1.54, 1.807) is 4.90 Å². The smallest absolute Gasteiger partial charge is 0.0742 e. The molecular formula is C12H27NO2S. The lowest BCUT2D eigenvalue weighted by Gasteiger charge is -2.23. The zero-order valence-corrected chi connectivity index (χ0v) is 11.8. The molecule has 1 aliphatic carbocycles. The Bertz CT molecular complexity index is 172. The lowest BCUT2D eigenvalue weighted by atomic mass is 10.0. The van der Waals surface area contributed by atoms with Crippen molar-refractivity contribution in [2.45, 2.75) is 58.1 Å². The summed E-state index contributed by atoms with van der Waals surface area (Å²) in [6.45, 7) is 10.5. The monoisotopic (exact) mass is 249 g/mol. The van der Waals surface area contributed by atoms with E-state index in [4.69, 9.17) is 0 Å². The average molecular weight is 249 g/mol. The third-order valence-electron chi connectivity index (χ3n) is 3.32. The molecule has 0 aromatic carbocycles. The van der Waals surface area contributed by atoms with Crippen LogP contribution in [0, 0.1) is 0 Å². The van der Waals surface area contributed by atoms with Gasteiger partial charge in [0.15, 0.2) is 0 Å². The van der Waals surface area contributed by atoms with Crippen molar-refractivity contribution in [1.82, 2.24) is 0 Å². The third kappa shape index (κ3) is 7.36. The zero-order chi connectivity index (χ0) is 12.4. The standard InChI is InChI=1S/C6H15N.C6H12O2S/c1-4-7(5-2)6-3;7-9(8)6-4-2-1-3-5-6/h4-6H2,1-3H3;6H,1-5H2,(H,7,8). The molecule has 0 bridgehead atoms. The number of nitrogens with one attached hydrogen (secondary N) is 1. The van der Waals surface area contributed by atoms with Crippen LogP contribution < -0.4 is 4.90 Å². The predicted molar refractivity (Wildman–Crippen MR) is 68.4 cm³/mol. The van der Waals surface area contributed by atoms with Crippen LogP contribution in [0.3, 0.4) is 0 Å². The van der Waals surface area contributed by atoms with Gasteiger partial charge in [-0.15, -0.1) is 0 Å². The summed E-state index contributed by atoms with van der Waals surface area (Å²) in [6.07, 6.45) is 5.18. The lowest BCUT2D eigenvalue weighted by molar-refractivity contribution is -0.894. The summed E-state index contributed by atoms with van der Waals surface area (Å²) in [5.41, 5.74) is 0. The predicted octanol–water partition coefficient (Wildman–Crippen LogP) is 1.13. The van der Waals surface area contributed by atoms with Crippen molar-refractivity contribution in [2.75, 3.05) is 19.6 Å². The van der Waals surface area contributed by atoms with Gasteiger partial charge in [-0.1, -0.05) is 30.3 Å². The van der Waals surface area contributed by atoms with E-state index in [-0.39, 0.29) is 5.25 Å². The molecule has 1 atom stereocenters. The van der Waals surface area contributed by atoms with Gasteiger partial charge in [0.05, 0.1) is 19.6 Å². The summed E-state index contributed by atoms with van der Waals surface area (Å²) < 4.78 is 20.7. The Labute approximate surface area is 103 Å². The fraction of sp³-hybridized carbons (Fsp3) is 1.00. The van der Waals surface area contributed by atoms with Crippen molar-refractivity contribution in [1.29, 1.82) is 0 Å². The molecule has 16 heavy (non-hydrogen) atoms. The average Bonchev–Trinajstić information content (AvgIpc) is 2.33. The van der Waals surface area contributed by atoms with Crippen LogP contribution in [0.15, 0.2) is 0 Å². The molecule has 98 valence electrons. The molecule has 1 fully saturated rings. The fourth-order valence-corrected chi connectivity index (χ4v) is 2.73. The van der Waals surface area contributed by atoms with Crippen molar-refractivity contribution in [3.05, 3.63) is 0 Å². The van der Waals surface area contributed by atoms with Crippen molar-refractivity contribution in [3.8, 4) is 0 Å². The van der Waals surface area contributed by atoms with E-state index in [1.165, 1.54) is 26.1 Å². The number of hydrogen-bond donors (Lipinski definition) is 1. The molecule has 4 heteroatoms. The maximum Gasteiger partial charge on any atom is 0.0742 e. The number of hydrogen-bond acceptors (Lipinski definition) is 2. The van der Waals surface area contributed by atoms with Gasteiger partial charge in [-0.3, -0.25) is 4.21 Å². The van der Waals surface area contributed by atoms with E-state index in [1.807, 2.05) is 0 Å². The Morgan fingerprint density at radius 1 is 1.06 bits per heavy atom. The second kappa shape index (κ2) is 10.2. The molecule has 0 spiro atoms. The van der Waals surface area contributed by atoms with Gasteiger partial charge in [0, 0.05) is 5.25 Å². The highest BCUT2D eigenvalue weighted by atomic mass is 32.2. The van der Waals surface area contributed by atoms with E-state index in [9.17, 15) is 8.76 Å². The summed E-state index contributed by atoms with van der Waals surface area (Å²) >= 11 is -1.80. The second-order valence-electron chi connectivity index (χ2n) is 4.33. The van der Waals surface area contributed by atoms with Crippen molar-refractivity contribution < 1.29 is 13.7 Å². The topological polar surface area (TPSA) is 44.6 Å². The molecule has 3 nitrogen and oxygen atoms in total. The normalized spacial score (nSPS) is 19.1. The maximum absolute atomic E-state index is 10.4. The highest BCUT2D eigenvalue weighted by Crippen LogP contribution is 2.20. The SMILES string of the molecule is CC[NH+](CC)CC.O=S([O-])C1CCCCC1. The first-order chi connectivity index (χ1) is 7.65. The van der Waals surface area contributed by atoms with E-state index in [0.717, 1.165) is 25.7 Å². The van der Waals surface area contributed by atoms with Crippen LogP contribution in [-0.2, 0) is 11.1 Å². The highest BCUT2D eigenvalue weighted by Gasteiger charge is 2.12. The van der Waals surface area contributed by atoms with E-state index < -0.39 is 11.1 Å². The maximum atomic E-state index is 10.4. The number of rotatable bonds is 4. The molecule has 0 saturated heterocycles. The second-order valence-corrected chi connectivity index (χ2v) is 5.52. The molecule has 1 aliphatic rings. The third-order valence-corrected chi connectivity index (χ3v) is 4.34. The zero-order valence-electron chi connectivity index (χ0n) is 11.0. The van der Waals surface area contributed by atoms with Crippen molar-refractivity contribution in [2.24, 2.45) is 0 Å². The van der Waals surface area contributed by atoms with Crippen LogP contribution in [0.5, 0.6) is 0 Å². The minimum atomic E-state index is -1.80. The quantitative estimate of drug-likeness (QED) is 0.759. The van der Waals surface area contributed by atoms with Crippen molar-refractivity contribution >= 4 is 11.1 Å². The highest BCUT2D eigenvalue weighted by molar-refractivity contribution is 7.79. The molecule has 0 aromatic heterocycles. The van der Waals surface area contributed by atoms with Gasteiger partial charge in [-0.2, -0.15) is 0 Å². The molecule has 0 radical (unpaired) electrons. The van der Waals surface area contributed by atoms with E-state index in [2.05, 4.69) is 20.8 Å². The van der Waals surface area contributed by atoms with Gasteiger partial charge in [-0.05, 0) is 33.6 Å². The van der Waals surface area contributed by atoms with Crippen LogP contribution in [-0.4, -0.2) is 33.6 Å². The van der Waals surface area contributed by atoms with E-state index >= 15 is 0 Å². The minimum Gasteiger partial charge on any atom is -0.772 e. The minimum absolute atomic E-state index is 0.0289.